The summed E-state index contributed by atoms with van der Waals surface area (Å²) in [6, 6.07) is 4.68. The zero-order chi connectivity index (χ0) is 21.2. The molecule has 2 aromatic carbocycles. The minimum absolute atomic E-state index is 0.0781. The second-order valence-corrected chi connectivity index (χ2v) is 8.67. The highest BCUT2D eigenvalue weighted by Gasteiger charge is 2.23. The van der Waals surface area contributed by atoms with Gasteiger partial charge in [-0.05, 0) is 49.2 Å². The van der Waals surface area contributed by atoms with E-state index in [-0.39, 0.29) is 11.4 Å². The van der Waals surface area contributed by atoms with Gasteiger partial charge < -0.3 is 5.32 Å². The van der Waals surface area contributed by atoms with Gasteiger partial charge in [-0.3, -0.25) is 4.72 Å². The van der Waals surface area contributed by atoms with Crippen molar-refractivity contribution in [3.8, 4) is 0 Å². The van der Waals surface area contributed by atoms with Crippen LogP contribution >= 0.6 is 11.3 Å². The third-order valence-corrected chi connectivity index (χ3v) is 6.25. The van der Waals surface area contributed by atoms with Crippen molar-refractivity contribution in [2.45, 2.75) is 31.2 Å². The first-order chi connectivity index (χ1) is 13.7. The highest BCUT2D eigenvalue weighted by molar-refractivity contribution is 7.92. The van der Waals surface area contributed by atoms with Crippen LogP contribution in [0.2, 0.25) is 0 Å². The number of nitrogens with zero attached hydrogens (tertiary/aromatic N) is 1. The predicted molar refractivity (Wildman–Crippen MR) is 107 cm³/mol. The highest BCUT2D eigenvalue weighted by Crippen LogP contribution is 2.30. The molecule has 0 unspecified atom stereocenters. The molecule has 1 aromatic heterocycles. The second-order valence-electron chi connectivity index (χ2n) is 6.30. The Bertz CT molecular complexity index is 1120. The van der Waals surface area contributed by atoms with Crippen molar-refractivity contribution in [2.75, 3.05) is 10.0 Å². The summed E-state index contributed by atoms with van der Waals surface area (Å²) in [5.41, 5.74) is 2.34. The van der Waals surface area contributed by atoms with Crippen molar-refractivity contribution in [3.05, 3.63) is 69.8 Å². The molecule has 0 amide bonds. The fourth-order valence-electron chi connectivity index (χ4n) is 2.84. The number of nitrogens with one attached hydrogen (secondary N) is 2. The maximum atomic E-state index is 14.7. The molecule has 10 heteroatoms. The molecule has 1 heterocycles. The van der Waals surface area contributed by atoms with Gasteiger partial charge >= 0.3 is 0 Å². The van der Waals surface area contributed by atoms with Gasteiger partial charge in [-0.1, -0.05) is 6.92 Å². The molecule has 0 spiro atoms. The summed E-state index contributed by atoms with van der Waals surface area (Å²) in [5.74, 6) is -2.06. The van der Waals surface area contributed by atoms with Gasteiger partial charge in [0.2, 0.25) is 0 Å². The topological polar surface area (TPSA) is 71.1 Å². The van der Waals surface area contributed by atoms with Crippen molar-refractivity contribution in [1.82, 2.24) is 4.98 Å². The predicted octanol–water partition coefficient (Wildman–Crippen LogP) is 5.10. The minimum Gasteiger partial charge on any atom is -0.378 e. The molecule has 0 radical (unpaired) electrons. The average Bonchev–Trinajstić information content (AvgIpc) is 3.15. The second kappa shape index (κ2) is 8.42. The van der Waals surface area contributed by atoms with Gasteiger partial charge in [0, 0.05) is 16.6 Å². The number of benzene rings is 2. The number of sulfonamides is 1. The first-order valence-corrected chi connectivity index (χ1v) is 11.1. The molecule has 0 aliphatic heterocycles. The van der Waals surface area contributed by atoms with Gasteiger partial charge in [-0.2, -0.15) is 0 Å². The van der Waals surface area contributed by atoms with Gasteiger partial charge in [0.15, 0.2) is 5.82 Å². The van der Waals surface area contributed by atoms with E-state index in [1.807, 2.05) is 0 Å². The standard InChI is InChI=1S/C19H18F3N3O2S2/c1-3-12-6-18(29(26,27)25-19-9-28-10-23-19)16(22)8-17(12)24-11(2)14-7-13(20)4-5-15(14)21/h4-11,24-25H,3H2,1-2H3/t11-/m0/s1. The molecule has 0 fully saturated rings. The SMILES string of the molecule is CCc1cc(S(=O)(=O)Nc2cscn2)c(F)cc1N[C@@H](C)c1cc(F)ccc1F. The maximum absolute atomic E-state index is 14.7. The molecule has 0 aliphatic rings. The van der Waals surface area contributed by atoms with Crippen LogP contribution in [-0.4, -0.2) is 13.4 Å². The summed E-state index contributed by atoms with van der Waals surface area (Å²) < 4.78 is 69.4. The van der Waals surface area contributed by atoms with Crippen molar-refractivity contribution >= 4 is 32.9 Å². The van der Waals surface area contributed by atoms with Gasteiger partial charge in [0.05, 0.1) is 11.6 Å². The van der Waals surface area contributed by atoms with E-state index in [9.17, 15) is 21.6 Å². The van der Waals surface area contributed by atoms with Crippen LogP contribution in [0.5, 0.6) is 0 Å². The molecule has 0 saturated heterocycles. The van der Waals surface area contributed by atoms with E-state index in [2.05, 4.69) is 15.0 Å². The molecule has 29 heavy (non-hydrogen) atoms. The molecule has 154 valence electrons. The lowest BCUT2D eigenvalue weighted by Gasteiger charge is -2.20. The Morgan fingerprint density at radius 3 is 2.55 bits per heavy atom. The monoisotopic (exact) mass is 441 g/mol. The van der Waals surface area contributed by atoms with E-state index in [1.54, 1.807) is 13.8 Å². The van der Waals surface area contributed by atoms with Crippen LogP contribution in [0.1, 0.15) is 31.0 Å². The van der Waals surface area contributed by atoms with E-state index < -0.39 is 38.4 Å². The lowest BCUT2D eigenvalue weighted by Crippen LogP contribution is -2.16. The quantitative estimate of drug-likeness (QED) is 0.535. The largest absolute Gasteiger partial charge is 0.378 e. The number of rotatable bonds is 7. The molecular formula is C19H18F3N3O2S2. The Morgan fingerprint density at radius 2 is 1.90 bits per heavy atom. The molecule has 0 aliphatic carbocycles. The summed E-state index contributed by atoms with van der Waals surface area (Å²) in [6.07, 6.45) is 0.389. The normalized spacial score (nSPS) is 12.6. The fourth-order valence-corrected chi connectivity index (χ4v) is 4.51. The lowest BCUT2D eigenvalue weighted by atomic mass is 10.1. The number of aryl methyl sites for hydroxylation is 1. The van der Waals surface area contributed by atoms with Crippen LogP contribution in [-0.2, 0) is 16.4 Å². The molecule has 3 rings (SSSR count). The van der Waals surface area contributed by atoms with E-state index in [0.29, 0.717) is 17.7 Å². The van der Waals surface area contributed by atoms with Crippen molar-refractivity contribution < 1.29 is 21.6 Å². The first kappa shape index (κ1) is 21.1. The molecule has 2 N–H and O–H groups in total. The van der Waals surface area contributed by atoms with Crippen LogP contribution in [0.3, 0.4) is 0 Å². The summed E-state index contributed by atoms with van der Waals surface area (Å²) in [5, 5.41) is 4.43. The van der Waals surface area contributed by atoms with E-state index in [1.165, 1.54) is 28.3 Å². The summed E-state index contributed by atoms with van der Waals surface area (Å²) in [6.45, 7) is 3.37. The number of aromatic nitrogens is 1. The summed E-state index contributed by atoms with van der Waals surface area (Å²) in [7, 11) is -4.17. The zero-order valence-electron chi connectivity index (χ0n) is 15.5. The van der Waals surface area contributed by atoms with Crippen LogP contribution in [0, 0.1) is 17.5 Å². The highest BCUT2D eigenvalue weighted by atomic mass is 32.2. The van der Waals surface area contributed by atoms with Crippen LogP contribution in [0.25, 0.3) is 0 Å². The lowest BCUT2D eigenvalue weighted by molar-refractivity contribution is 0.568. The number of hydrogen-bond donors (Lipinski definition) is 2. The number of thiazole rings is 1. The average molecular weight is 442 g/mol. The third kappa shape index (κ3) is 4.70. The van der Waals surface area contributed by atoms with Gasteiger partial charge in [-0.25, -0.2) is 26.6 Å². The Balaban J connectivity index is 1.93. The molecular weight excluding hydrogens is 423 g/mol. The van der Waals surface area contributed by atoms with Crippen molar-refractivity contribution in [2.24, 2.45) is 0 Å². The summed E-state index contributed by atoms with van der Waals surface area (Å²) >= 11 is 1.20. The first-order valence-electron chi connectivity index (χ1n) is 8.66. The van der Waals surface area contributed by atoms with E-state index in [0.717, 1.165) is 24.3 Å². The fraction of sp³-hybridized carbons (Fsp3) is 0.211. The maximum Gasteiger partial charge on any atom is 0.266 e. The Kier molecular flexibility index (Phi) is 6.13. The van der Waals surface area contributed by atoms with Gasteiger partial charge in [0.25, 0.3) is 10.0 Å². The Morgan fingerprint density at radius 1 is 1.14 bits per heavy atom. The zero-order valence-corrected chi connectivity index (χ0v) is 17.2. The molecule has 3 aromatic rings. The number of halogens is 3. The molecule has 5 nitrogen and oxygen atoms in total. The van der Waals surface area contributed by atoms with Gasteiger partial charge in [0.1, 0.15) is 22.3 Å². The summed E-state index contributed by atoms with van der Waals surface area (Å²) in [4.78, 5) is 3.32. The van der Waals surface area contributed by atoms with Crippen molar-refractivity contribution in [1.29, 1.82) is 0 Å². The number of anilines is 2. The van der Waals surface area contributed by atoms with Crippen LogP contribution in [0.15, 0.2) is 46.1 Å². The number of hydrogen-bond acceptors (Lipinski definition) is 5. The Labute approximate surface area is 170 Å². The van der Waals surface area contributed by atoms with E-state index in [4.69, 9.17) is 0 Å². The Hall–Kier alpha value is -2.59. The van der Waals surface area contributed by atoms with Crippen LogP contribution in [0.4, 0.5) is 24.7 Å². The van der Waals surface area contributed by atoms with Crippen LogP contribution < -0.4 is 10.0 Å². The molecule has 1 atom stereocenters. The smallest absolute Gasteiger partial charge is 0.266 e. The van der Waals surface area contributed by atoms with E-state index >= 15 is 0 Å². The molecule has 0 bridgehead atoms. The minimum atomic E-state index is -4.17. The molecule has 0 saturated carbocycles. The third-order valence-electron chi connectivity index (χ3n) is 4.30. The van der Waals surface area contributed by atoms with Gasteiger partial charge in [-0.15, -0.1) is 11.3 Å². The van der Waals surface area contributed by atoms with Crippen molar-refractivity contribution in [3.63, 3.8) is 0 Å².